The molecular formula is C9H19NO6P. The lowest BCUT2D eigenvalue weighted by Crippen LogP contribution is -2.43. The molecule has 7 nitrogen and oxygen atoms in total. The second kappa shape index (κ2) is 5.75. The van der Waals surface area contributed by atoms with E-state index >= 15 is 0 Å². The summed E-state index contributed by atoms with van der Waals surface area (Å²) < 4.78 is 22.9. The van der Waals surface area contributed by atoms with Crippen LogP contribution in [0.5, 0.6) is 0 Å². The summed E-state index contributed by atoms with van der Waals surface area (Å²) in [6.07, 6.45) is -0.464. The number of hydroxylamine groups is 2. The quantitative estimate of drug-likeness (QED) is 0.451. The molecule has 0 bridgehead atoms. The van der Waals surface area contributed by atoms with Gasteiger partial charge in [0.05, 0.1) is 13.2 Å². The molecular weight excluding hydrogens is 249 g/mol. The zero-order chi connectivity index (χ0) is 13.1. The Balaban J connectivity index is 2.97. The van der Waals surface area contributed by atoms with Gasteiger partial charge >= 0.3 is 7.60 Å². The van der Waals surface area contributed by atoms with Crippen molar-refractivity contribution in [1.82, 2.24) is 5.06 Å². The number of nitrogens with zero attached hydrogens (tertiary/aromatic N) is 1. The Hall–Kier alpha value is -0.0100. The molecule has 2 atom stereocenters. The molecule has 0 aromatic heterocycles. The summed E-state index contributed by atoms with van der Waals surface area (Å²) in [6, 6.07) is 0. The van der Waals surface area contributed by atoms with E-state index in [4.69, 9.17) is 14.3 Å². The summed E-state index contributed by atoms with van der Waals surface area (Å²) in [5, 5.41) is 19.7. The molecule has 1 heterocycles. The zero-order valence-electron chi connectivity index (χ0n) is 10.3. The van der Waals surface area contributed by atoms with E-state index in [1.54, 1.807) is 13.8 Å². The summed E-state index contributed by atoms with van der Waals surface area (Å²) in [5.74, 6) is 0. The van der Waals surface area contributed by atoms with Gasteiger partial charge in [0.2, 0.25) is 0 Å². The second-order valence-electron chi connectivity index (χ2n) is 3.97. The van der Waals surface area contributed by atoms with Crippen molar-refractivity contribution in [3.05, 3.63) is 0 Å². The molecule has 17 heavy (non-hydrogen) atoms. The van der Waals surface area contributed by atoms with Gasteiger partial charge in [-0.2, -0.15) is 0 Å². The average Bonchev–Trinajstić information content (AvgIpc) is 2.58. The molecule has 0 amide bonds. The lowest BCUT2D eigenvalue weighted by atomic mass is 10.2. The highest BCUT2D eigenvalue weighted by atomic mass is 31.2. The maximum atomic E-state index is 12.6. The van der Waals surface area contributed by atoms with Crippen molar-refractivity contribution in [1.29, 1.82) is 0 Å². The van der Waals surface area contributed by atoms with Crippen molar-refractivity contribution in [2.45, 2.75) is 45.1 Å². The van der Waals surface area contributed by atoms with Crippen molar-refractivity contribution in [3.63, 3.8) is 0 Å². The van der Waals surface area contributed by atoms with Crippen LogP contribution in [-0.2, 0) is 23.7 Å². The highest BCUT2D eigenvalue weighted by Gasteiger charge is 2.58. The molecule has 0 aromatic rings. The molecule has 1 radical (unpaired) electrons. The van der Waals surface area contributed by atoms with Crippen LogP contribution in [0.3, 0.4) is 0 Å². The van der Waals surface area contributed by atoms with Crippen LogP contribution in [0.2, 0.25) is 0 Å². The third-order valence-corrected chi connectivity index (χ3v) is 5.71. The van der Waals surface area contributed by atoms with Gasteiger partial charge in [-0.3, -0.25) is 9.82 Å². The maximum Gasteiger partial charge on any atom is 0.352 e. The molecule has 1 fully saturated rings. The molecule has 0 spiro atoms. The van der Waals surface area contributed by atoms with E-state index in [1.165, 1.54) is 6.92 Å². The van der Waals surface area contributed by atoms with Crippen LogP contribution in [0.15, 0.2) is 0 Å². The van der Waals surface area contributed by atoms with Gasteiger partial charge in [0, 0.05) is 0 Å². The lowest BCUT2D eigenvalue weighted by Gasteiger charge is -2.35. The topological polar surface area (TPSA) is 88.1 Å². The Morgan fingerprint density at radius 1 is 1.41 bits per heavy atom. The Bertz CT molecular complexity index is 291. The molecule has 1 aliphatic rings. The van der Waals surface area contributed by atoms with Crippen LogP contribution >= 0.6 is 7.60 Å². The fraction of sp³-hybridized carbons (Fsp3) is 1.00. The lowest BCUT2D eigenvalue weighted by molar-refractivity contribution is -0.372. The largest absolute Gasteiger partial charge is 0.352 e. The predicted molar refractivity (Wildman–Crippen MR) is 58.5 cm³/mol. The normalized spacial score (nSPS) is 31.0. The SMILES string of the molecule is CCOP(=O)(OCC)[C@@]1(C)CC[C@@H](OO)N1[O]. The third kappa shape index (κ3) is 2.56. The first kappa shape index (κ1) is 15.0. The Morgan fingerprint density at radius 3 is 2.29 bits per heavy atom. The fourth-order valence-corrected chi connectivity index (χ4v) is 4.03. The van der Waals surface area contributed by atoms with E-state index in [9.17, 15) is 9.77 Å². The minimum Gasteiger partial charge on any atom is -0.308 e. The number of rotatable bonds is 6. The average molecular weight is 268 g/mol. The van der Waals surface area contributed by atoms with E-state index in [0.29, 0.717) is 5.06 Å². The van der Waals surface area contributed by atoms with Gasteiger partial charge in [-0.1, -0.05) is 0 Å². The molecule has 0 saturated carbocycles. The van der Waals surface area contributed by atoms with Crippen molar-refractivity contribution >= 4 is 7.60 Å². The Kier molecular flexibility index (Phi) is 5.09. The van der Waals surface area contributed by atoms with Gasteiger partial charge in [0.15, 0.2) is 11.5 Å². The van der Waals surface area contributed by atoms with E-state index in [0.717, 1.165) is 0 Å². The van der Waals surface area contributed by atoms with Gasteiger partial charge < -0.3 is 9.05 Å². The molecule has 1 saturated heterocycles. The van der Waals surface area contributed by atoms with Crippen LogP contribution in [0.4, 0.5) is 0 Å². The van der Waals surface area contributed by atoms with Crippen molar-refractivity contribution in [3.8, 4) is 0 Å². The number of hydrogen-bond acceptors (Lipinski definition) is 6. The van der Waals surface area contributed by atoms with E-state index in [2.05, 4.69) is 4.89 Å². The Morgan fingerprint density at radius 2 is 1.94 bits per heavy atom. The summed E-state index contributed by atoms with van der Waals surface area (Å²) in [7, 11) is -3.56. The first-order chi connectivity index (χ1) is 7.95. The first-order valence-corrected chi connectivity index (χ1v) is 7.15. The molecule has 0 aliphatic carbocycles. The van der Waals surface area contributed by atoms with Crippen LogP contribution in [0, 0.1) is 0 Å². The Labute approximate surface area is 101 Å². The second-order valence-corrected chi connectivity index (χ2v) is 6.45. The molecule has 0 unspecified atom stereocenters. The summed E-state index contributed by atoms with van der Waals surface area (Å²) in [6.45, 7) is 5.24. The van der Waals surface area contributed by atoms with Gasteiger partial charge in [0.1, 0.15) is 0 Å². The van der Waals surface area contributed by atoms with Gasteiger partial charge in [-0.25, -0.2) is 4.89 Å². The predicted octanol–water partition coefficient (Wildman–Crippen LogP) is 2.23. The standard InChI is InChI=1S/C9H19NO6P/c1-4-14-17(13,15-5-2)9(3)7-6-8(16-12)10(9)11/h8,12H,4-7H2,1-3H3/t8-,9+/m1/s1. The van der Waals surface area contributed by atoms with Crippen molar-refractivity contribution < 1.29 is 29.0 Å². The highest BCUT2D eigenvalue weighted by molar-refractivity contribution is 7.55. The maximum absolute atomic E-state index is 12.6. The monoisotopic (exact) mass is 268 g/mol. The molecule has 101 valence electrons. The summed E-state index contributed by atoms with van der Waals surface area (Å²) in [4.78, 5) is 4.05. The first-order valence-electron chi connectivity index (χ1n) is 5.61. The van der Waals surface area contributed by atoms with Crippen molar-refractivity contribution in [2.75, 3.05) is 13.2 Å². The van der Waals surface area contributed by atoms with Crippen LogP contribution in [0.25, 0.3) is 0 Å². The van der Waals surface area contributed by atoms with Gasteiger partial charge in [0.25, 0.3) is 0 Å². The highest BCUT2D eigenvalue weighted by Crippen LogP contribution is 2.65. The van der Waals surface area contributed by atoms with Crippen LogP contribution in [-0.4, -0.2) is 35.0 Å². The minimum atomic E-state index is -3.56. The summed E-state index contributed by atoms with van der Waals surface area (Å²) in [5.41, 5.74) is 0. The number of hydrogen-bond donors (Lipinski definition) is 1. The molecule has 8 heteroatoms. The molecule has 1 rings (SSSR count). The smallest absolute Gasteiger partial charge is 0.308 e. The summed E-state index contributed by atoms with van der Waals surface area (Å²) >= 11 is 0. The van der Waals surface area contributed by atoms with Crippen molar-refractivity contribution in [2.24, 2.45) is 0 Å². The van der Waals surface area contributed by atoms with Crippen LogP contribution < -0.4 is 0 Å². The molecule has 1 N–H and O–H groups in total. The minimum absolute atomic E-state index is 0.186. The van der Waals surface area contributed by atoms with E-state index in [-0.39, 0.29) is 26.1 Å². The van der Waals surface area contributed by atoms with E-state index in [1.807, 2.05) is 0 Å². The third-order valence-electron chi connectivity index (χ3n) is 2.91. The van der Waals surface area contributed by atoms with E-state index < -0.39 is 19.1 Å². The molecule has 0 aromatic carbocycles. The fourth-order valence-electron chi connectivity index (χ4n) is 1.94. The van der Waals surface area contributed by atoms with Crippen LogP contribution in [0.1, 0.15) is 33.6 Å². The zero-order valence-corrected chi connectivity index (χ0v) is 11.2. The van der Waals surface area contributed by atoms with Gasteiger partial charge in [-0.15, -0.1) is 10.3 Å². The van der Waals surface area contributed by atoms with Gasteiger partial charge in [-0.05, 0) is 33.6 Å². The molecule has 1 aliphatic heterocycles.